The molecule has 2 unspecified atom stereocenters. The quantitative estimate of drug-likeness (QED) is 0.855. The summed E-state index contributed by atoms with van der Waals surface area (Å²) >= 11 is 0. The number of hydrogen-bond donors (Lipinski definition) is 1. The van der Waals surface area contributed by atoms with Crippen LogP contribution in [0, 0.1) is 5.82 Å². The van der Waals surface area contributed by atoms with Crippen molar-refractivity contribution in [3.8, 4) is 0 Å². The van der Waals surface area contributed by atoms with Gasteiger partial charge in [0, 0.05) is 25.3 Å². The van der Waals surface area contributed by atoms with Crippen LogP contribution < -0.4 is 10.6 Å². The predicted octanol–water partition coefficient (Wildman–Crippen LogP) is 1.90. The molecule has 4 heteroatoms. The zero-order valence-electron chi connectivity index (χ0n) is 10.3. The van der Waals surface area contributed by atoms with Gasteiger partial charge in [-0.05, 0) is 37.6 Å². The van der Waals surface area contributed by atoms with E-state index in [-0.39, 0.29) is 18.0 Å². The van der Waals surface area contributed by atoms with Crippen molar-refractivity contribution in [2.45, 2.75) is 32.6 Å². The summed E-state index contributed by atoms with van der Waals surface area (Å²) in [6.45, 7) is 6.10. The lowest BCUT2D eigenvalue weighted by molar-refractivity contribution is -0.00526. The van der Waals surface area contributed by atoms with Crippen molar-refractivity contribution < 1.29 is 9.13 Å². The third kappa shape index (κ3) is 2.76. The second kappa shape index (κ2) is 5.02. The van der Waals surface area contributed by atoms with Crippen molar-refractivity contribution in [1.82, 2.24) is 0 Å². The van der Waals surface area contributed by atoms with E-state index in [1.54, 1.807) is 0 Å². The Morgan fingerprint density at radius 1 is 1.35 bits per heavy atom. The summed E-state index contributed by atoms with van der Waals surface area (Å²) in [5.41, 5.74) is 7.55. The molecule has 0 radical (unpaired) electrons. The molecule has 2 rings (SSSR count). The smallest absolute Gasteiger partial charge is 0.123 e. The maximum absolute atomic E-state index is 13.2. The topological polar surface area (TPSA) is 38.5 Å². The molecule has 1 aliphatic heterocycles. The van der Waals surface area contributed by atoms with Crippen LogP contribution in [0.4, 0.5) is 10.1 Å². The number of morpholine rings is 1. The van der Waals surface area contributed by atoms with Crippen LogP contribution in [-0.4, -0.2) is 25.3 Å². The minimum absolute atomic E-state index is 0.189. The zero-order chi connectivity index (χ0) is 12.4. The SMILES string of the molecule is CC1CN(c2ccc(F)cc2CN)CC(C)O1. The highest BCUT2D eigenvalue weighted by Gasteiger charge is 2.23. The maximum Gasteiger partial charge on any atom is 0.123 e. The summed E-state index contributed by atoms with van der Waals surface area (Å²) in [6, 6.07) is 4.81. The molecule has 1 aromatic carbocycles. The number of hydrogen-bond acceptors (Lipinski definition) is 3. The van der Waals surface area contributed by atoms with Crippen molar-refractivity contribution in [1.29, 1.82) is 0 Å². The van der Waals surface area contributed by atoms with Gasteiger partial charge >= 0.3 is 0 Å². The van der Waals surface area contributed by atoms with Gasteiger partial charge in [0.05, 0.1) is 12.2 Å². The van der Waals surface area contributed by atoms with Crippen molar-refractivity contribution in [2.75, 3.05) is 18.0 Å². The Balaban J connectivity index is 2.26. The fourth-order valence-electron chi connectivity index (χ4n) is 2.40. The molecule has 1 saturated heterocycles. The number of nitrogens with zero attached hydrogens (tertiary/aromatic N) is 1. The Hall–Kier alpha value is -1.13. The van der Waals surface area contributed by atoms with E-state index in [0.717, 1.165) is 24.3 Å². The molecular weight excluding hydrogens is 219 g/mol. The van der Waals surface area contributed by atoms with Crippen LogP contribution in [0.25, 0.3) is 0 Å². The van der Waals surface area contributed by atoms with Gasteiger partial charge in [-0.15, -0.1) is 0 Å². The highest BCUT2D eigenvalue weighted by Crippen LogP contribution is 2.25. The molecule has 0 aliphatic carbocycles. The average molecular weight is 238 g/mol. The van der Waals surface area contributed by atoms with Crippen LogP contribution in [0.15, 0.2) is 18.2 Å². The number of nitrogens with two attached hydrogens (primary N) is 1. The molecule has 0 aromatic heterocycles. The highest BCUT2D eigenvalue weighted by atomic mass is 19.1. The van der Waals surface area contributed by atoms with E-state index in [1.807, 2.05) is 19.9 Å². The Labute approximate surface area is 101 Å². The first-order valence-corrected chi connectivity index (χ1v) is 5.99. The predicted molar refractivity (Wildman–Crippen MR) is 66.5 cm³/mol. The number of halogens is 1. The van der Waals surface area contributed by atoms with Crippen molar-refractivity contribution in [2.24, 2.45) is 5.73 Å². The Kier molecular flexibility index (Phi) is 3.64. The lowest BCUT2D eigenvalue weighted by atomic mass is 10.1. The molecular formula is C13H19FN2O. The minimum atomic E-state index is -0.233. The lowest BCUT2D eigenvalue weighted by Crippen LogP contribution is -2.45. The van der Waals surface area contributed by atoms with Gasteiger partial charge in [0.2, 0.25) is 0 Å². The molecule has 17 heavy (non-hydrogen) atoms. The second-order valence-corrected chi connectivity index (χ2v) is 4.64. The van der Waals surface area contributed by atoms with Gasteiger partial charge < -0.3 is 15.4 Å². The molecule has 1 fully saturated rings. The van der Waals surface area contributed by atoms with Crippen molar-refractivity contribution in [3.05, 3.63) is 29.6 Å². The maximum atomic E-state index is 13.2. The molecule has 2 atom stereocenters. The zero-order valence-corrected chi connectivity index (χ0v) is 10.3. The van der Waals surface area contributed by atoms with Crippen molar-refractivity contribution >= 4 is 5.69 Å². The van der Waals surface area contributed by atoms with E-state index < -0.39 is 0 Å². The van der Waals surface area contributed by atoms with Gasteiger partial charge in [0.25, 0.3) is 0 Å². The first-order valence-electron chi connectivity index (χ1n) is 5.99. The number of ether oxygens (including phenoxy) is 1. The standard InChI is InChI=1S/C13H19FN2O/c1-9-7-16(8-10(2)17-9)13-4-3-12(14)5-11(13)6-15/h3-5,9-10H,6-8,15H2,1-2H3. The van der Waals surface area contributed by atoms with Gasteiger partial charge in [-0.2, -0.15) is 0 Å². The van der Waals surface area contributed by atoms with Crippen LogP contribution in [-0.2, 0) is 11.3 Å². The number of benzene rings is 1. The van der Waals surface area contributed by atoms with Gasteiger partial charge in [-0.3, -0.25) is 0 Å². The monoisotopic (exact) mass is 238 g/mol. The van der Waals surface area contributed by atoms with Crippen LogP contribution >= 0.6 is 0 Å². The van der Waals surface area contributed by atoms with Crippen molar-refractivity contribution in [3.63, 3.8) is 0 Å². The molecule has 3 nitrogen and oxygen atoms in total. The van der Waals surface area contributed by atoms with Gasteiger partial charge in [-0.25, -0.2) is 4.39 Å². The Bertz CT molecular complexity index is 387. The highest BCUT2D eigenvalue weighted by molar-refractivity contribution is 5.54. The van der Waals surface area contributed by atoms with Crippen LogP contribution in [0.3, 0.4) is 0 Å². The molecule has 0 saturated carbocycles. The molecule has 1 heterocycles. The molecule has 2 N–H and O–H groups in total. The van der Waals surface area contributed by atoms with Gasteiger partial charge in [0.15, 0.2) is 0 Å². The first-order chi connectivity index (χ1) is 8.10. The Morgan fingerprint density at radius 3 is 2.59 bits per heavy atom. The van der Waals surface area contributed by atoms with Gasteiger partial charge in [-0.1, -0.05) is 0 Å². The van der Waals surface area contributed by atoms with E-state index in [0.29, 0.717) is 6.54 Å². The Morgan fingerprint density at radius 2 is 2.00 bits per heavy atom. The minimum Gasteiger partial charge on any atom is -0.372 e. The summed E-state index contributed by atoms with van der Waals surface area (Å²) in [5.74, 6) is -0.233. The summed E-state index contributed by atoms with van der Waals surface area (Å²) in [6.07, 6.45) is 0.379. The molecule has 1 aromatic rings. The fourth-order valence-corrected chi connectivity index (χ4v) is 2.40. The molecule has 0 amide bonds. The van der Waals surface area contributed by atoms with E-state index in [9.17, 15) is 4.39 Å². The molecule has 0 bridgehead atoms. The normalized spacial score (nSPS) is 25.1. The summed E-state index contributed by atoms with van der Waals surface area (Å²) in [7, 11) is 0. The van der Waals surface area contributed by atoms with E-state index >= 15 is 0 Å². The number of anilines is 1. The van der Waals surface area contributed by atoms with E-state index in [4.69, 9.17) is 10.5 Å². The summed E-state index contributed by atoms with van der Waals surface area (Å²) in [5, 5.41) is 0. The van der Waals surface area contributed by atoms with Gasteiger partial charge in [0.1, 0.15) is 5.82 Å². The summed E-state index contributed by atoms with van der Waals surface area (Å²) in [4.78, 5) is 2.22. The van der Waals surface area contributed by atoms with Crippen LogP contribution in [0.5, 0.6) is 0 Å². The molecule has 0 spiro atoms. The lowest BCUT2D eigenvalue weighted by Gasteiger charge is -2.37. The third-order valence-corrected chi connectivity index (χ3v) is 3.02. The largest absolute Gasteiger partial charge is 0.372 e. The third-order valence-electron chi connectivity index (χ3n) is 3.02. The fraction of sp³-hybridized carbons (Fsp3) is 0.538. The first kappa shape index (κ1) is 12.3. The summed E-state index contributed by atoms with van der Waals surface area (Å²) < 4.78 is 18.8. The van der Waals surface area contributed by atoms with Crippen LogP contribution in [0.2, 0.25) is 0 Å². The second-order valence-electron chi connectivity index (χ2n) is 4.64. The molecule has 94 valence electrons. The molecule has 1 aliphatic rings. The van der Waals surface area contributed by atoms with Crippen LogP contribution in [0.1, 0.15) is 19.4 Å². The average Bonchev–Trinajstić information content (AvgIpc) is 2.27. The van der Waals surface area contributed by atoms with E-state index in [2.05, 4.69) is 4.90 Å². The number of rotatable bonds is 2. The van der Waals surface area contributed by atoms with E-state index in [1.165, 1.54) is 12.1 Å².